The van der Waals surface area contributed by atoms with E-state index in [1.807, 2.05) is 24.3 Å². The summed E-state index contributed by atoms with van der Waals surface area (Å²) in [6, 6.07) is 15.2. The Balaban J connectivity index is 1.44. The minimum atomic E-state index is -0.353. The minimum absolute atomic E-state index is 0.256. The quantitative estimate of drug-likeness (QED) is 0.586. The lowest BCUT2D eigenvalue weighted by Gasteiger charge is -2.22. The second-order valence-corrected chi connectivity index (χ2v) is 6.97. The number of halogens is 1. The highest BCUT2D eigenvalue weighted by Crippen LogP contribution is 2.19. The lowest BCUT2D eigenvalue weighted by atomic mass is 10.1. The highest BCUT2D eigenvalue weighted by Gasteiger charge is 2.25. The summed E-state index contributed by atoms with van der Waals surface area (Å²) < 4.78 is 24.7. The number of aliphatic imine (C=N–C) groups is 1. The number of nitrogens with one attached hydrogen (secondary N) is 1. The number of hydrogen-bond donors (Lipinski definition) is 1. The van der Waals surface area contributed by atoms with Gasteiger partial charge in [-0.15, -0.1) is 0 Å². The van der Waals surface area contributed by atoms with Crippen molar-refractivity contribution in [1.82, 2.24) is 10.2 Å². The molecule has 0 saturated carbocycles. The molecule has 1 aliphatic rings. The first kappa shape index (κ1) is 20.1. The van der Waals surface area contributed by atoms with Crippen LogP contribution in [0.15, 0.2) is 53.5 Å². The Labute approximate surface area is 166 Å². The average Bonchev–Trinajstić information content (AvgIpc) is 3.18. The predicted octanol–water partition coefficient (Wildman–Crippen LogP) is 3.45. The van der Waals surface area contributed by atoms with Gasteiger partial charge in [0, 0.05) is 32.6 Å². The van der Waals surface area contributed by atoms with Crippen molar-refractivity contribution in [3.05, 3.63) is 65.5 Å². The van der Waals surface area contributed by atoms with Crippen molar-refractivity contribution in [2.24, 2.45) is 10.9 Å². The monoisotopic (exact) mass is 385 g/mol. The van der Waals surface area contributed by atoms with Gasteiger partial charge in [-0.05, 0) is 29.7 Å². The molecule has 1 saturated heterocycles. The molecule has 1 heterocycles. The summed E-state index contributed by atoms with van der Waals surface area (Å²) in [4.78, 5) is 6.61. The van der Waals surface area contributed by atoms with Crippen LogP contribution in [0.2, 0.25) is 0 Å². The molecule has 6 heteroatoms. The number of hydrogen-bond acceptors (Lipinski definition) is 3. The average molecular weight is 385 g/mol. The van der Waals surface area contributed by atoms with Crippen molar-refractivity contribution >= 4 is 5.96 Å². The van der Waals surface area contributed by atoms with Gasteiger partial charge < -0.3 is 19.7 Å². The maximum absolute atomic E-state index is 13.8. The van der Waals surface area contributed by atoms with E-state index in [1.165, 1.54) is 18.7 Å². The molecule has 0 aromatic heterocycles. The van der Waals surface area contributed by atoms with Crippen molar-refractivity contribution < 1.29 is 13.9 Å². The molecule has 2 aromatic rings. The molecule has 1 unspecified atom stereocenters. The van der Waals surface area contributed by atoms with Gasteiger partial charge in [-0.2, -0.15) is 0 Å². The Kier molecular flexibility index (Phi) is 7.25. The summed E-state index contributed by atoms with van der Waals surface area (Å²) in [6.07, 6.45) is 1.08. The number of ether oxygens (including phenoxy) is 2. The first-order chi connectivity index (χ1) is 13.7. The Morgan fingerprint density at radius 1 is 1.21 bits per heavy atom. The zero-order valence-electron chi connectivity index (χ0n) is 16.5. The van der Waals surface area contributed by atoms with Crippen LogP contribution in [-0.4, -0.2) is 44.7 Å². The molecule has 150 valence electrons. The molecule has 0 radical (unpaired) electrons. The lowest BCUT2D eigenvalue weighted by molar-refractivity contribution is 0.0906. The Morgan fingerprint density at radius 3 is 2.75 bits per heavy atom. The fourth-order valence-corrected chi connectivity index (χ4v) is 3.41. The molecular formula is C22H28FN3O2. The fraction of sp³-hybridized carbons (Fsp3) is 0.409. The van der Waals surface area contributed by atoms with Crippen molar-refractivity contribution in [2.45, 2.75) is 19.6 Å². The highest BCUT2D eigenvalue weighted by molar-refractivity contribution is 5.80. The minimum Gasteiger partial charge on any atom is -0.494 e. The van der Waals surface area contributed by atoms with Gasteiger partial charge in [0.25, 0.3) is 0 Å². The predicted molar refractivity (Wildman–Crippen MR) is 109 cm³/mol. The molecule has 28 heavy (non-hydrogen) atoms. The van der Waals surface area contributed by atoms with Crippen LogP contribution in [0.5, 0.6) is 5.75 Å². The molecule has 0 amide bonds. The summed E-state index contributed by atoms with van der Waals surface area (Å²) >= 11 is 0. The van der Waals surface area contributed by atoms with Crippen LogP contribution < -0.4 is 10.1 Å². The Hall–Kier alpha value is -2.60. The molecule has 5 nitrogen and oxygen atoms in total. The molecule has 2 aromatic carbocycles. The van der Waals surface area contributed by atoms with E-state index in [1.54, 1.807) is 13.1 Å². The summed E-state index contributed by atoms with van der Waals surface area (Å²) in [5.74, 6) is 1.22. The number of likely N-dealkylation sites (tertiary alicyclic amines) is 1. The summed E-state index contributed by atoms with van der Waals surface area (Å²) in [7, 11) is 3.24. The van der Waals surface area contributed by atoms with Gasteiger partial charge in [-0.3, -0.25) is 4.99 Å². The number of guanidine groups is 1. The number of benzene rings is 2. The fourth-order valence-electron chi connectivity index (χ4n) is 3.41. The Bertz CT molecular complexity index is 783. The third kappa shape index (κ3) is 5.45. The summed E-state index contributed by atoms with van der Waals surface area (Å²) in [6.45, 7) is 3.75. The number of nitrogens with zero attached hydrogens (tertiary/aromatic N) is 2. The van der Waals surface area contributed by atoms with Crippen LogP contribution in [0.4, 0.5) is 4.39 Å². The van der Waals surface area contributed by atoms with Crippen molar-refractivity contribution in [3.8, 4) is 5.75 Å². The second kappa shape index (κ2) is 10.1. The molecule has 3 rings (SSSR count). The van der Waals surface area contributed by atoms with Crippen LogP contribution in [0.25, 0.3) is 0 Å². The Morgan fingerprint density at radius 2 is 2.04 bits per heavy atom. The number of methoxy groups -OCH3 is 1. The SMILES string of the molecule is CN=C(NCc1ccc(OC)c(F)c1)N1CCC(COCc2ccccc2)C1. The van der Waals surface area contributed by atoms with E-state index < -0.39 is 0 Å². The normalized spacial score (nSPS) is 17.0. The molecule has 0 bridgehead atoms. The molecule has 1 fully saturated rings. The summed E-state index contributed by atoms with van der Waals surface area (Å²) in [5.41, 5.74) is 2.04. The molecule has 1 N–H and O–H groups in total. The second-order valence-electron chi connectivity index (χ2n) is 6.97. The van der Waals surface area contributed by atoms with Gasteiger partial charge in [-0.25, -0.2) is 4.39 Å². The van der Waals surface area contributed by atoms with Crippen LogP contribution in [0.3, 0.4) is 0 Å². The standard InChI is InChI=1S/C22H28FN3O2/c1-24-22(25-13-18-8-9-21(27-2)20(23)12-18)26-11-10-19(14-26)16-28-15-17-6-4-3-5-7-17/h3-9,12,19H,10-11,13-16H2,1-2H3,(H,24,25). The van der Waals surface area contributed by atoms with Crippen LogP contribution in [-0.2, 0) is 17.9 Å². The van der Waals surface area contributed by atoms with E-state index in [0.29, 0.717) is 19.1 Å². The highest BCUT2D eigenvalue weighted by atomic mass is 19.1. The van der Waals surface area contributed by atoms with Gasteiger partial charge in [0.2, 0.25) is 0 Å². The maximum atomic E-state index is 13.8. The topological polar surface area (TPSA) is 46.1 Å². The first-order valence-electron chi connectivity index (χ1n) is 9.59. The van der Waals surface area contributed by atoms with Gasteiger partial charge in [0.15, 0.2) is 17.5 Å². The van der Waals surface area contributed by atoms with E-state index >= 15 is 0 Å². The van der Waals surface area contributed by atoms with E-state index in [2.05, 4.69) is 27.3 Å². The van der Waals surface area contributed by atoms with E-state index in [4.69, 9.17) is 9.47 Å². The van der Waals surface area contributed by atoms with E-state index in [9.17, 15) is 4.39 Å². The molecule has 1 atom stereocenters. The summed E-state index contributed by atoms with van der Waals surface area (Å²) in [5, 5.41) is 3.32. The zero-order valence-corrected chi connectivity index (χ0v) is 16.5. The van der Waals surface area contributed by atoms with Crippen LogP contribution in [0.1, 0.15) is 17.5 Å². The van der Waals surface area contributed by atoms with Crippen molar-refractivity contribution in [3.63, 3.8) is 0 Å². The third-order valence-electron chi connectivity index (χ3n) is 4.93. The van der Waals surface area contributed by atoms with Gasteiger partial charge in [-0.1, -0.05) is 36.4 Å². The molecule has 1 aliphatic heterocycles. The van der Waals surface area contributed by atoms with Gasteiger partial charge >= 0.3 is 0 Å². The molecular weight excluding hydrogens is 357 g/mol. The molecule has 0 spiro atoms. The third-order valence-corrected chi connectivity index (χ3v) is 4.93. The van der Waals surface area contributed by atoms with Crippen molar-refractivity contribution in [2.75, 3.05) is 33.9 Å². The van der Waals surface area contributed by atoms with Crippen molar-refractivity contribution in [1.29, 1.82) is 0 Å². The van der Waals surface area contributed by atoms with Gasteiger partial charge in [0.05, 0.1) is 20.3 Å². The first-order valence-corrected chi connectivity index (χ1v) is 9.59. The number of rotatable bonds is 7. The zero-order chi connectivity index (χ0) is 19.8. The lowest BCUT2D eigenvalue weighted by Crippen LogP contribution is -2.39. The largest absolute Gasteiger partial charge is 0.494 e. The van der Waals surface area contributed by atoms with Crippen LogP contribution in [0, 0.1) is 11.7 Å². The maximum Gasteiger partial charge on any atom is 0.193 e. The van der Waals surface area contributed by atoms with E-state index in [0.717, 1.165) is 37.6 Å². The van der Waals surface area contributed by atoms with Crippen LogP contribution >= 0.6 is 0 Å². The van der Waals surface area contributed by atoms with Gasteiger partial charge in [0.1, 0.15) is 0 Å². The van der Waals surface area contributed by atoms with E-state index in [-0.39, 0.29) is 11.6 Å². The molecule has 0 aliphatic carbocycles. The smallest absolute Gasteiger partial charge is 0.193 e.